The number of rotatable bonds is 6. The van der Waals surface area contributed by atoms with Gasteiger partial charge in [0.1, 0.15) is 11.8 Å². The molecule has 100 valence electrons. The molecular formula is C13H19NO4. The molecule has 0 fully saturated rings. The quantitative estimate of drug-likeness (QED) is 0.812. The first-order valence-corrected chi connectivity index (χ1v) is 6.18. The first-order valence-electron chi connectivity index (χ1n) is 6.18. The molecule has 1 heterocycles. The Bertz CT molecular complexity index is 415. The number of furan rings is 1. The van der Waals surface area contributed by atoms with E-state index >= 15 is 0 Å². The van der Waals surface area contributed by atoms with Gasteiger partial charge in [-0.2, -0.15) is 0 Å². The summed E-state index contributed by atoms with van der Waals surface area (Å²) in [6, 6.07) is 0.806. The van der Waals surface area contributed by atoms with E-state index in [1.54, 1.807) is 13.0 Å². The van der Waals surface area contributed by atoms with Crippen molar-refractivity contribution in [2.75, 3.05) is 0 Å². The van der Waals surface area contributed by atoms with Crippen LogP contribution in [0.5, 0.6) is 0 Å². The van der Waals surface area contributed by atoms with Crippen LogP contribution < -0.4 is 5.32 Å². The predicted molar refractivity (Wildman–Crippen MR) is 66.6 cm³/mol. The molecule has 1 aromatic heterocycles. The third-order valence-electron chi connectivity index (χ3n) is 2.83. The van der Waals surface area contributed by atoms with Gasteiger partial charge in [-0.15, -0.1) is 0 Å². The van der Waals surface area contributed by atoms with E-state index in [0.29, 0.717) is 12.8 Å². The van der Waals surface area contributed by atoms with E-state index in [0.717, 1.165) is 17.7 Å². The third-order valence-corrected chi connectivity index (χ3v) is 2.83. The van der Waals surface area contributed by atoms with Crippen molar-refractivity contribution >= 4 is 11.9 Å². The highest BCUT2D eigenvalue weighted by Crippen LogP contribution is 2.17. The van der Waals surface area contributed by atoms with Crippen LogP contribution in [0.2, 0.25) is 0 Å². The van der Waals surface area contributed by atoms with Gasteiger partial charge in [-0.25, -0.2) is 4.79 Å². The fourth-order valence-corrected chi connectivity index (χ4v) is 1.74. The first kappa shape index (κ1) is 14.3. The van der Waals surface area contributed by atoms with Crippen LogP contribution in [0.1, 0.15) is 49.1 Å². The first-order chi connectivity index (χ1) is 8.53. The molecule has 1 amide bonds. The Morgan fingerprint density at radius 1 is 1.33 bits per heavy atom. The zero-order valence-corrected chi connectivity index (χ0v) is 10.9. The van der Waals surface area contributed by atoms with Crippen LogP contribution in [0.15, 0.2) is 10.5 Å². The summed E-state index contributed by atoms with van der Waals surface area (Å²) in [7, 11) is 0. The van der Waals surface area contributed by atoms with Gasteiger partial charge in [-0.05, 0) is 24.5 Å². The fourth-order valence-electron chi connectivity index (χ4n) is 1.74. The molecule has 18 heavy (non-hydrogen) atoms. The number of carboxylic acid groups (broad SMARTS) is 1. The summed E-state index contributed by atoms with van der Waals surface area (Å²) in [5, 5.41) is 11.3. The fraction of sp³-hybridized carbons (Fsp3) is 0.538. The highest BCUT2D eigenvalue weighted by atomic mass is 16.4. The summed E-state index contributed by atoms with van der Waals surface area (Å²) in [5.41, 5.74) is 0.992. The van der Waals surface area contributed by atoms with Crippen molar-refractivity contribution in [3.63, 3.8) is 0 Å². The molecule has 0 aliphatic heterocycles. The molecular weight excluding hydrogens is 234 g/mol. The summed E-state index contributed by atoms with van der Waals surface area (Å²) < 4.78 is 5.44. The van der Waals surface area contributed by atoms with Crippen LogP contribution in [0.4, 0.5) is 0 Å². The second-order valence-corrected chi connectivity index (χ2v) is 4.04. The molecule has 0 saturated heterocycles. The highest BCUT2D eigenvalue weighted by molar-refractivity contribution is 5.94. The molecule has 1 unspecified atom stereocenters. The van der Waals surface area contributed by atoms with E-state index in [-0.39, 0.29) is 5.76 Å². The number of aryl methyl sites for hydroxylation is 2. The molecule has 1 rings (SSSR count). The Morgan fingerprint density at radius 3 is 2.39 bits per heavy atom. The average Bonchev–Trinajstić information content (AvgIpc) is 2.78. The van der Waals surface area contributed by atoms with Crippen molar-refractivity contribution in [1.82, 2.24) is 5.32 Å². The van der Waals surface area contributed by atoms with Crippen LogP contribution in [0.25, 0.3) is 0 Å². The molecule has 0 spiro atoms. The Morgan fingerprint density at radius 2 is 2.00 bits per heavy atom. The van der Waals surface area contributed by atoms with Gasteiger partial charge in [0.15, 0.2) is 5.76 Å². The molecule has 0 aliphatic carbocycles. The summed E-state index contributed by atoms with van der Waals surface area (Å²) in [4.78, 5) is 22.7. The van der Waals surface area contributed by atoms with E-state index in [1.165, 1.54) is 0 Å². The molecule has 0 aliphatic rings. The van der Waals surface area contributed by atoms with Crippen LogP contribution in [0, 0.1) is 0 Å². The smallest absolute Gasteiger partial charge is 0.326 e. The number of carboxylic acids is 1. The Hall–Kier alpha value is -1.78. The van der Waals surface area contributed by atoms with Crippen molar-refractivity contribution in [2.45, 2.75) is 46.1 Å². The summed E-state index contributed by atoms with van der Waals surface area (Å²) >= 11 is 0. The summed E-state index contributed by atoms with van der Waals surface area (Å²) in [6.07, 6.45) is 1.84. The van der Waals surface area contributed by atoms with E-state index in [1.807, 2.05) is 13.8 Å². The maximum absolute atomic E-state index is 11.8. The molecule has 0 aromatic carbocycles. The lowest BCUT2D eigenvalue weighted by Gasteiger charge is -2.10. The Labute approximate surface area is 106 Å². The average molecular weight is 253 g/mol. The van der Waals surface area contributed by atoms with Crippen LogP contribution >= 0.6 is 0 Å². The largest absolute Gasteiger partial charge is 0.480 e. The minimum atomic E-state index is -1.04. The van der Waals surface area contributed by atoms with Crippen LogP contribution in [-0.2, 0) is 17.6 Å². The van der Waals surface area contributed by atoms with Gasteiger partial charge in [0.25, 0.3) is 5.91 Å². The van der Waals surface area contributed by atoms with Crippen molar-refractivity contribution < 1.29 is 19.1 Å². The van der Waals surface area contributed by atoms with E-state index in [9.17, 15) is 9.59 Å². The number of amides is 1. The lowest BCUT2D eigenvalue weighted by atomic mass is 10.1. The predicted octanol–water partition coefficient (Wildman–Crippen LogP) is 2.00. The van der Waals surface area contributed by atoms with Gasteiger partial charge in [-0.1, -0.05) is 20.8 Å². The van der Waals surface area contributed by atoms with Crippen LogP contribution in [0.3, 0.4) is 0 Å². The standard InChI is InChI=1S/C13H19NO4/c1-4-8-7-11(18-10(8)6-3)12(15)14-9(5-2)13(16)17/h7,9H,4-6H2,1-3H3,(H,14,15)(H,16,17). The molecule has 5 heteroatoms. The van der Waals surface area contributed by atoms with Crippen molar-refractivity contribution in [1.29, 1.82) is 0 Å². The number of aliphatic carboxylic acids is 1. The highest BCUT2D eigenvalue weighted by Gasteiger charge is 2.21. The SMILES string of the molecule is CCc1cc(C(=O)NC(CC)C(=O)O)oc1CC. The third kappa shape index (κ3) is 3.12. The molecule has 0 bridgehead atoms. The van der Waals surface area contributed by atoms with Crippen LogP contribution in [-0.4, -0.2) is 23.0 Å². The second kappa shape index (κ2) is 6.23. The molecule has 2 N–H and O–H groups in total. The van der Waals surface area contributed by atoms with E-state index < -0.39 is 17.9 Å². The number of hydrogen-bond acceptors (Lipinski definition) is 3. The van der Waals surface area contributed by atoms with Gasteiger partial charge in [0.05, 0.1) is 0 Å². The van der Waals surface area contributed by atoms with Gasteiger partial charge in [-0.3, -0.25) is 4.79 Å². The summed E-state index contributed by atoms with van der Waals surface area (Å²) in [5.74, 6) is -0.545. The molecule has 1 atom stereocenters. The number of nitrogens with one attached hydrogen (secondary N) is 1. The minimum Gasteiger partial charge on any atom is -0.480 e. The van der Waals surface area contributed by atoms with Gasteiger partial charge >= 0.3 is 5.97 Å². The lowest BCUT2D eigenvalue weighted by Crippen LogP contribution is -2.40. The van der Waals surface area contributed by atoms with E-state index in [2.05, 4.69) is 5.32 Å². The second-order valence-electron chi connectivity index (χ2n) is 4.04. The number of carbonyl (C=O) groups is 2. The van der Waals surface area contributed by atoms with Gasteiger partial charge in [0, 0.05) is 6.42 Å². The Kier molecular flexibility index (Phi) is 4.95. The molecule has 0 radical (unpaired) electrons. The minimum absolute atomic E-state index is 0.184. The topological polar surface area (TPSA) is 79.5 Å². The van der Waals surface area contributed by atoms with Gasteiger partial charge < -0.3 is 14.8 Å². The molecule has 1 aromatic rings. The maximum atomic E-state index is 11.8. The maximum Gasteiger partial charge on any atom is 0.326 e. The summed E-state index contributed by atoms with van der Waals surface area (Å²) in [6.45, 7) is 5.64. The zero-order chi connectivity index (χ0) is 13.7. The number of carbonyl (C=O) groups excluding carboxylic acids is 1. The van der Waals surface area contributed by atoms with E-state index in [4.69, 9.17) is 9.52 Å². The molecule has 5 nitrogen and oxygen atoms in total. The number of hydrogen-bond donors (Lipinski definition) is 2. The van der Waals surface area contributed by atoms with Crippen molar-refractivity contribution in [3.05, 3.63) is 23.2 Å². The normalized spacial score (nSPS) is 12.2. The zero-order valence-electron chi connectivity index (χ0n) is 10.9. The molecule has 0 saturated carbocycles. The monoisotopic (exact) mass is 253 g/mol. The van der Waals surface area contributed by atoms with Crippen molar-refractivity contribution in [2.24, 2.45) is 0 Å². The Balaban J connectivity index is 2.84. The van der Waals surface area contributed by atoms with Gasteiger partial charge in [0.2, 0.25) is 0 Å². The van der Waals surface area contributed by atoms with Crippen molar-refractivity contribution in [3.8, 4) is 0 Å². The lowest BCUT2D eigenvalue weighted by molar-refractivity contribution is -0.139.